The fourth-order valence-corrected chi connectivity index (χ4v) is 4.84. The fourth-order valence-electron chi connectivity index (χ4n) is 4.84. The van der Waals surface area contributed by atoms with Gasteiger partial charge in [-0.3, -0.25) is 14.9 Å². The topological polar surface area (TPSA) is 41.5 Å². The van der Waals surface area contributed by atoms with Crippen LogP contribution < -0.4 is 9.64 Å². The van der Waals surface area contributed by atoms with Gasteiger partial charge in [-0.15, -0.1) is 0 Å². The lowest BCUT2D eigenvalue weighted by Gasteiger charge is -2.26. The van der Waals surface area contributed by atoms with Gasteiger partial charge in [0.1, 0.15) is 5.75 Å². The Morgan fingerprint density at radius 2 is 1.83 bits per heavy atom. The summed E-state index contributed by atoms with van der Waals surface area (Å²) in [6.07, 6.45) is 6.89. The molecule has 0 bridgehead atoms. The molecule has 4 heterocycles. The molecule has 2 aromatic heterocycles. The maximum absolute atomic E-state index is 5.28. The molecule has 0 saturated carbocycles. The molecule has 5 rings (SSSR count). The number of anilines is 1. The van der Waals surface area contributed by atoms with Crippen molar-refractivity contribution in [3.63, 3.8) is 0 Å². The van der Waals surface area contributed by atoms with Crippen molar-refractivity contribution in [2.75, 3.05) is 31.6 Å². The lowest BCUT2D eigenvalue weighted by Crippen LogP contribution is -2.36. The van der Waals surface area contributed by atoms with E-state index in [1.807, 2.05) is 36.8 Å². The Morgan fingerprint density at radius 1 is 0.966 bits per heavy atom. The van der Waals surface area contributed by atoms with E-state index in [0.29, 0.717) is 0 Å². The molecule has 5 heteroatoms. The lowest BCUT2D eigenvalue weighted by atomic mass is 9.85. The van der Waals surface area contributed by atoms with Crippen molar-refractivity contribution in [1.29, 1.82) is 0 Å². The van der Waals surface area contributed by atoms with Gasteiger partial charge in [-0.25, -0.2) is 0 Å². The van der Waals surface area contributed by atoms with Crippen molar-refractivity contribution in [3.05, 3.63) is 83.9 Å². The highest BCUT2D eigenvalue weighted by Gasteiger charge is 2.48. The standard InChI is InChI=1S/C24H26N4O/c1-29-21-8-6-19(7-9-21)15-27-13-10-24(17-27)18-28(16-20-4-2-11-25-14-20)22-5-3-12-26-23(22)24/h2-9,11-12,14H,10,13,15-18H2,1H3/t24-/m1/s1. The normalized spacial score (nSPS) is 20.9. The number of hydrogen-bond acceptors (Lipinski definition) is 5. The molecule has 2 aliphatic heterocycles. The molecule has 29 heavy (non-hydrogen) atoms. The summed E-state index contributed by atoms with van der Waals surface area (Å²) in [7, 11) is 1.71. The quantitative estimate of drug-likeness (QED) is 0.670. The van der Waals surface area contributed by atoms with Crippen molar-refractivity contribution >= 4 is 5.69 Å². The summed E-state index contributed by atoms with van der Waals surface area (Å²) in [6.45, 7) is 5.02. The third kappa shape index (κ3) is 3.47. The van der Waals surface area contributed by atoms with E-state index in [0.717, 1.165) is 44.9 Å². The van der Waals surface area contributed by atoms with E-state index in [1.54, 1.807) is 7.11 Å². The van der Waals surface area contributed by atoms with Gasteiger partial charge in [0, 0.05) is 50.2 Å². The van der Waals surface area contributed by atoms with Gasteiger partial charge in [0.2, 0.25) is 0 Å². The minimum Gasteiger partial charge on any atom is -0.497 e. The number of benzene rings is 1. The molecule has 0 aliphatic carbocycles. The van der Waals surface area contributed by atoms with Crippen LogP contribution in [0.15, 0.2) is 67.1 Å². The highest BCUT2D eigenvalue weighted by Crippen LogP contribution is 2.45. The Labute approximate surface area is 172 Å². The van der Waals surface area contributed by atoms with Crippen LogP contribution in [-0.4, -0.2) is 41.6 Å². The SMILES string of the molecule is COc1ccc(CN2CC[C@@]3(C2)CN(Cc2cccnc2)c2cccnc23)cc1. The molecule has 0 amide bonds. The van der Waals surface area contributed by atoms with Gasteiger partial charge < -0.3 is 9.64 Å². The molecule has 0 unspecified atom stereocenters. The Balaban J connectivity index is 1.35. The number of likely N-dealkylation sites (tertiary alicyclic amines) is 1. The molecule has 1 atom stereocenters. The summed E-state index contributed by atoms with van der Waals surface area (Å²) in [5.74, 6) is 0.909. The number of nitrogens with zero attached hydrogens (tertiary/aromatic N) is 4. The van der Waals surface area contributed by atoms with Gasteiger partial charge in [-0.2, -0.15) is 0 Å². The zero-order valence-corrected chi connectivity index (χ0v) is 16.8. The van der Waals surface area contributed by atoms with E-state index in [1.165, 1.54) is 22.5 Å². The zero-order valence-electron chi connectivity index (χ0n) is 16.8. The summed E-state index contributed by atoms with van der Waals surface area (Å²) in [6, 6.07) is 16.9. The monoisotopic (exact) mass is 386 g/mol. The molecule has 3 aromatic rings. The number of hydrogen-bond donors (Lipinski definition) is 0. The first-order valence-electron chi connectivity index (χ1n) is 10.2. The second-order valence-corrected chi connectivity index (χ2v) is 8.18. The van der Waals surface area contributed by atoms with E-state index in [4.69, 9.17) is 9.72 Å². The van der Waals surface area contributed by atoms with Gasteiger partial charge in [0.15, 0.2) is 0 Å². The molecule has 0 radical (unpaired) electrons. The Morgan fingerprint density at radius 3 is 2.62 bits per heavy atom. The first-order chi connectivity index (χ1) is 14.3. The first kappa shape index (κ1) is 18.1. The summed E-state index contributed by atoms with van der Waals surface area (Å²) < 4.78 is 5.28. The van der Waals surface area contributed by atoms with E-state index in [2.05, 4.69) is 45.1 Å². The summed E-state index contributed by atoms with van der Waals surface area (Å²) in [4.78, 5) is 14.2. The van der Waals surface area contributed by atoms with Crippen LogP contribution in [0, 0.1) is 0 Å². The first-order valence-corrected chi connectivity index (χ1v) is 10.2. The smallest absolute Gasteiger partial charge is 0.118 e. The number of methoxy groups -OCH3 is 1. The Kier molecular flexibility index (Phi) is 4.68. The predicted molar refractivity (Wildman–Crippen MR) is 114 cm³/mol. The molecule has 5 nitrogen and oxygen atoms in total. The van der Waals surface area contributed by atoms with Crippen LogP contribution in [0.3, 0.4) is 0 Å². The second-order valence-electron chi connectivity index (χ2n) is 8.18. The summed E-state index contributed by atoms with van der Waals surface area (Å²) in [5, 5.41) is 0. The third-order valence-electron chi connectivity index (χ3n) is 6.22. The van der Waals surface area contributed by atoms with Crippen LogP contribution in [0.25, 0.3) is 0 Å². The van der Waals surface area contributed by atoms with Crippen LogP contribution in [0.4, 0.5) is 5.69 Å². The van der Waals surface area contributed by atoms with Crippen molar-refractivity contribution < 1.29 is 4.74 Å². The molecule has 1 saturated heterocycles. The average Bonchev–Trinajstić information content (AvgIpc) is 3.31. The minimum atomic E-state index is 0.116. The lowest BCUT2D eigenvalue weighted by molar-refractivity contribution is 0.305. The molecule has 1 aromatic carbocycles. The second kappa shape index (κ2) is 7.48. The Hall–Kier alpha value is -2.92. The van der Waals surface area contributed by atoms with Gasteiger partial charge in [-0.05, 0) is 54.4 Å². The minimum absolute atomic E-state index is 0.116. The van der Waals surface area contributed by atoms with E-state index < -0.39 is 0 Å². The number of fused-ring (bicyclic) bond motifs is 2. The highest BCUT2D eigenvalue weighted by molar-refractivity contribution is 5.60. The van der Waals surface area contributed by atoms with Gasteiger partial charge in [0.05, 0.1) is 18.5 Å². The maximum Gasteiger partial charge on any atom is 0.118 e. The van der Waals surface area contributed by atoms with E-state index in [-0.39, 0.29) is 5.41 Å². The predicted octanol–water partition coefficient (Wildman–Crippen LogP) is 3.65. The molecular formula is C24H26N4O. The van der Waals surface area contributed by atoms with Gasteiger partial charge in [0.25, 0.3) is 0 Å². The summed E-state index contributed by atoms with van der Waals surface area (Å²) in [5.41, 5.74) is 5.23. The maximum atomic E-state index is 5.28. The van der Waals surface area contributed by atoms with E-state index >= 15 is 0 Å². The van der Waals surface area contributed by atoms with Crippen molar-refractivity contribution in [2.45, 2.75) is 24.9 Å². The van der Waals surface area contributed by atoms with E-state index in [9.17, 15) is 0 Å². The number of ether oxygens (including phenoxy) is 1. The van der Waals surface area contributed by atoms with Crippen LogP contribution in [0.5, 0.6) is 5.75 Å². The van der Waals surface area contributed by atoms with Gasteiger partial charge >= 0.3 is 0 Å². The highest BCUT2D eigenvalue weighted by atomic mass is 16.5. The molecule has 1 fully saturated rings. The molecule has 0 N–H and O–H groups in total. The van der Waals surface area contributed by atoms with Gasteiger partial charge in [-0.1, -0.05) is 18.2 Å². The zero-order chi connectivity index (χ0) is 19.7. The number of aromatic nitrogens is 2. The third-order valence-corrected chi connectivity index (χ3v) is 6.22. The molecule has 2 aliphatic rings. The van der Waals surface area contributed by atoms with Crippen LogP contribution in [0.2, 0.25) is 0 Å². The largest absolute Gasteiger partial charge is 0.497 e. The van der Waals surface area contributed by atoms with Crippen molar-refractivity contribution in [3.8, 4) is 5.75 Å². The average molecular weight is 386 g/mol. The van der Waals surface area contributed by atoms with Crippen molar-refractivity contribution in [2.24, 2.45) is 0 Å². The van der Waals surface area contributed by atoms with Crippen LogP contribution in [-0.2, 0) is 18.5 Å². The molecular weight excluding hydrogens is 360 g/mol. The van der Waals surface area contributed by atoms with Crippen LogP contribution in [0.1, 0.15) is 23.2 Å². The Bertz CT molecular complexity index is 976. The molecule has 148 valence electrons. The van der Waals surface area contributed by atoms with Crippen LogP contribution >= 0.6 is 0 Å². The number of rotatable bonds is 5. The molecule has 1 spiro atoms. The summed E-state index contributed by atoms with van der Waals surface area (Å²) >= 11 is 0. The fraction of sp³-hybridized carbons (Fsp3) is 0.333. The number of pyridine rings is 2. The van der Waals surface area contributed by atoms with Crippen molar-refractivity contribution in [1.82, 2.24) is 14.9 Å².